The van der Waals surface area contributed by atoms with Crippen molar-refractivity contribution in [2.45, 2.75) is 6.54 Å². The van der Waals surface area contributed by atoms with Crippen molar-refractivity contribution >= 4 is 43.5 Å². The molecular formula is C23H19BrN2O3. The predicted octanol–water partition coefficient (Wildman–Crippen LogP) is 5.10. The molecular weight excluding hydrogens is 432 g/mol. The molecule has 0 aliphatic carbocycles. The molecule has 4 rings (SSSR count). The third kappa shape index (κ3) is 3.63. The summed E-state index contributed by atoms with van der Waals surface area (Å²) in [6, 6.07) is 17.5. The second-order valence-electron chi connectivity index (χ2n) is 6.54. The van der Waals surface area contributed by atoms with Crippen LogP contribution in [0.15, 0.2) is 65.3 Å². The van der Waals surface area contributed by atoms with Crippen molar-refractivity contribution in [3.8, 4) is 11.5 Å². The Hall–Kier alpha value is -3.12. The Kier molecular flexibility index (Phi) is 5.36. The highest BCUT2D eigenvalue weighted by Gasteiger charge is 2.15. The monoisotopic (exact) mass is 450 g/mol. The van der Waals surface area contributed by atoms with E-state index >= 15 is 0 Å². The summed E-state index contributed by atoms with van der Waals surface area (Å²) in [5.41, 5.74) is 2.14. The van der Waals surface area contributed by atoms with Crippen LogP contribution in [0.2, 0.25) is 0 Å². The van der Waals surface area contributed by atoms with Crippen molar-refractivity contribution in [1.82, 2.24) is 10.3 Å². The normalized spacial score (nSPS) is 10.9. The van der Waals surface area contributed by atoms with Crippen molar-refractivity contribution in [2.24, 2.45) is 0 Å². The van der Waals surface area contributed by atoms with Gasteiger partial charge in [0.25, 0.3) is 5.91 Å². The molecule has 0 saturated heterocycles. The predicted molar refractivity (Wildman–Crippen MR) is 118 cm³/mol. The van der Waals surface area contributed by atoms with Gasteiger partial charge >= 0.3 is 0 Å². The van der Waals surface area contributed by atoms with E-state index in [-0.39, 0.29) is 5.91 Å². The number of ether oxygens (including phenoxy) is 2. The van der Waals surface area contributed by atoms with Crippen molar-refractivity contribution in [3.05, 3.63) is 76.4 Å². The van der Waals surface area contributed by atoms with Gasteiger partial charge in [0, 0.05) is 18.1 Å². The molecule has 0 atom stereocenters. The summed E-state index contributed by atoms with van der Waals surface area (Å²) in [5.74, 6) is 1.04. The molecule has 1 amide bonds. The van der Waals surface area contributed by atoms with Gasteiger partial charge in [-0.15, -0.1) is 0 Å². The zero-order chi connectivity index (χ0) is 20.4. The van der Waals surface area contributed by atoms with Crippen LogP contribution in [0.1, 0.15) is 15.9 Å². The molecule has 0 spiro atoms. The molecule has 0 aliphatic heterocycles. The maximum absolute atomic E-state index is 13.0. The minimum atomic E-state index is -0.176. The third-order valence-corrected chi connectivity index (χ3v) is 5.39. The first kappa shape index (κ1) is 19.2. The summed E-state index contributed by atoms with van der Waals surface area (Å²) in [4.78, 5) is 17.5. The summed E-state index contributed by atoms with van der Waals surface area (Å²) >= 11 is 3.48. The number of amides is 1. The van der Waals surface area contributed by atoms with E-state index in [9.17, 15) is 4.79 Å². The first-order valence-electron chi connectivity index (χ1n) is 9.07. The van der Waals surface area contributed by atoms with Gasteiger partial charge in [0.2, 0.25) is 0 Å². The largest absolute Gasteiger partial charge is 0.493 e. The van der Waals surface area contributed by atoms with Crippen LogP contribution in [0.3, 0.4) is 0 Å². The first-order valence-corrected chi connectivity index (χ1v) is 9.86. The number of carbonyl (C=O) groups is 1. The van der Waals surface area contributed by atoms with Gasteiger partial charge in [0.15, 0.2) is 11.5 Å². The molecule has 6 heteroatoms. The van der Waals surface area contributed by atoms with E-state index in [1.807, 2.05) is 54.6 Å². The van der Waals surface area contributed by atoms with Gasteiger partial charge in [-0.2, -0.15) is 0 Å². The van der Waals surface area contributed by atoms with Gasteiger partial charge in [-0.3, -0.25) is 9.78 Å². The molecule has 4 aromatic rings. The van der Waals surface area contributed by atoms with Crippen LogP contribution in [0.5, 0.6) is 11.5 Å². The number of aromatic nitrogens is 1. The van der Waals surface area contributed by atoms with Crippen LogP contribution >= 0.6 is 15.9 Å². The third-order valence-electron chi connectivity index (χ3n) is 4.80. The smallest absolute Gasteiger partial charge is 0.253 e. The number of nitrogens with zero attached hydrogens (tertiary/aromatic N) is 1. The Morgan fingerprint density at radius 1 is 1.03 bits per heavy atom. The maximum atomic E-state index is 13.0. The van der Waals surface area contributed by atoms with Gasteiger partial charge in [0.05, 0.1) is 29.8 Å². The molecule has 1 heterocycles. The first-order chi connectivity index (χ1) is 14.1. The van der Waals surface area contributed by atoms with Gasteiger partial charge in [-0.1, -0.05) is 30.3 Å². The van der Waals surface area contributed by atoms with Crippen molar-refractivity contribution in [2.75, 3.05) is 14.2 Å². The van der Waals surface area contributed by atoms with Crippen molar-refractivity contribution < 1.29 is 14.3 Å². The van der Waals surface area contributed by atoms with Crippen LogP contribution < -0.4 is 14.8 Å². The van der Waals surface area contributed by atoms with E-state index in [2.05, 4.69) is 26.2 Å². The molecule has 0 saturated carbocycles. The van der Waals surface area contributed by atoms with E-state index in [4.69, 9.17) is 9.47 Å². The minimum absolute atomic E-state index is 0.176. The summed E-state index contributed by atoms with van der Waals surface area (Å²) in [5, 5.41) is 6.04. The fraction of sp³-hybridized carbons (Fsp3) is 0.130. The SMILES string of the molecule is COc1cc(CNC(=O)c2cc3ccccc3c3cccnc23)cc(Br)c1OC. The molecule has 0 bridgehead atoms. The number of hydrogen-bond acceptors (Lipinski definition) is 4. The summed E-state index contributed by atoms with van der Waals surface area (Å²) < 4.78 is 11.5. The van der Waals surface area contributed by atoms with E-state index in [1.165, 1.54) is 0 Å². The lowest BCUT2D eigenvalue weighted by atomic mass is 10.0. The molecule has 1 aromatic heterocycles. The summed E-state index contributed by atoms with van der Waals surface area (Å²) in [6.07, 6.45) is 1.71. The minimum Gasteiger partial charge on any atom is -0.493 e. The fourth-order valence-corrected chi connectivity index (χ4v) is 4.10. The molecule has 29 heavy (non-hydrogen) atoms. The van der Waals surface area contributed by atoms with E-state index < -0.39 is 0 Å². The second kappa shape index (κ2) is 8.09. The van der Waals surface area contributed by atoms with Crippen LogP contribution in [0, 0.1) is 0 Å². The van der Waals surface area contributed by atoms with Crippen LogP contribution in [-0.2, 0) is 6.54 Å². The van der Waals surface area contributed by atoms with E-state index in [1.54, 1.807) is 20.4 Å². The number of pyridine rings is 1. The number of nitrogens with one attached hydrogen (secondary N) is 1. The Morgan fingerprint density at radius 2 is 1.83 bits per heavy atom. The molecule has 0 aliphatic rings. The molecule has 1 N–H and O–H groups in total. The molecule has 0 unspecified atom stereocenters. The fourth-order valence-electron chi connectivity index (χ4n) is 3.45. The van der Waals surface area contributed by atoms with Gasteiger partial charge in [-0.05, 0) is 56.5 Å². The van der Waals surface area contributed by atoms with E-state index in [0.29, 0.717) is 29.1 Å². The van der Waals surface area contributed by atoms with E-state index in [0.717, 1.165) is 26.2 Å². The van der Waals surface area contributed by atoms with Crippen molar-refractivity contribution in [3.63, 3.8) is 0 Å². The molecule has 3 aromatic carbocycles. The number of methoxy groups -OCH3 is 2. The topological polar surface area (TPSA) is 60.5 Å². The Bertz CT molecular complexity index is 1220. The summed E-state index contributed by atoms with van der Waals surface area (Å²) in [7, 11) is 3.17. The van der Waals surface area contributed by atoms with Crippen LogP contribution in [-0.4, -0.2) is 25.1 Å². The van der Waals surface area contributed by atoms with Gasteiger partial charge < -0.3 is 14.8 Å². The number of rotatable bonds is 5. The molecule has 0 fully saturated rings. The number of carbonyl (C=O) groups excluding carboxylic acids is 1. The van der Waals surface area contributed by atoms with Crippen LogP contribution in [0.25, 0.3) is 21.7 Å². The van der Waals surface area contributed by atoms with Crippen molar-refractivity contribution in [1.29, 1.82) is 0 Å². The maximum Gasteiger partial charge on any atom is 0.253 e. The zero-order valence-electron chi connectivity index (χ0n) is 16.0. The second-order valence-corrected chi connectivity index (χ2v) is 7.39. The molecule has 0 radical (unpaired) electrons. The molecule has 146 valence electrons. The summed E-state index contributed by atoms with van der Waals surface area (Å²) in [6.45, 7) is 0.346. The average molecular weight is 451 g/mol. The quantitative estimate of drug-likeness (QED) is 0.429. The Morgan fingerprint density at radius 3 is 2.62 bits per heavy atom. The standard InChI is InChI=1S/C23H19BrN2O3/c1-28-20-11-14(10-19(24)22(20)29-2)13-26-23(27)18-12-15-6-3-4-7-16(15)17-8-5-9-25-21(17)18/h3-12H,13H2,1-2H3,(H,26,27). The number of halogens is 1. The average Bonchev–Trinajstić information content (AvgIpc) is 2.76. The van der Waals surface area contributed by atoms with Gasteiger partial charge in [0.1, 0.15) is 0 Å². The Labute approximate surface area is 176 Å². The highest BCUT2D eigenvalue weighted by atomic mass is 79.9. The van der Waals surface area contributed by atoms with Gasteiger partial charge in [-0.25, -0.2) is 0 Å². The highest BCUT2D eigenvalue weighted by molar-refractivity contribution is 9.10. The Balaban J connectivity index is 1.67. The lowest BCUT2D eigenvalue weighted by Crippen LogP contribution is -2.23. The number of hydrogen-bond donors (Lipinski definition) is 1. The lowest BCUT2D eigenvalue weighted by Gasteiger charge is -2.13. The number of benzene rings is 3. The zero-order valence-corrected chi connectivity index (χ0v) is 17.6. The lowest BCUT2D eigenvalue weighted by molar-refractivity contribution is 0.0952. The number of fused-ring (bicyclic) bond motifs is 3. The highest BCUT2D eigenvalue weighted by Crippen LogP contribution is 2.36. The molecule has 5 nitrogen and oxygen atoms in total. The van der Waals surface area contributed by atoms with Crippen LogP contribution in [0.4, 0.5) is 0 Å².